The molecular weight excluding hydrogens is 270 g/mol. The molecular formula is C15H15N3OS. The van der Waals surface area contributed by atoms with Gasteiger partial charge in [0.05, 0.1) is 5.69 Å². The zero-order chi connectivity index (χ0) is 14.1. The molecule has 0 fully saturated rings. The lowest BCUT2D eigenvalue weighted by molar-refractivity contribution is -0.116. The van der Waals surface area contributed by atoms with E-state index < -0.39 is 0 Å². The number of hydrogen-bond acceptors (Lipinski definition) is 3. The maximum absolute atomic E-state index is 12.1. The molecule has 0 aliphatic heterocycles. The fourth-order valence-electron chi connectivity index (χ4n) is 2.12. The molecule has 2 heterocycles. The number of carbonyl (C=O) groups excluding carboxylic acids is 1. The highest BCUT2D eigenvalue weighted by atomic mass is 32.1. The molecule has 2 aromatic heterocycles. The molecule has 1 aromatic carbocycles. The fraction of sp³-hybridized carbons (Fsp3) is 0.200. The zero-order valence-corrected chi connectivity index (χ0v) is 12.2. The quantitative estimate of drug-likeness (QED) is 0.802. The van der Waals surface area contributed by atoms with Crippen molar-refractivity contribution >= 4 is 33.3 Å². The molecule has 0 saturated heterocycles. The van der Waals surface area contributed by atoms with Gasteiger partial charge in [-0.1, -0.05) is 18.2 Å². The second-order valence-electron chi connectivity index (χ2n) is 4.71. The lowest BCUT2D eigenvalue weighted by Crippen LogP contribution is -2.18. The molecule has 0 atom stereocenters. The van der Waals surface area contributed by atoms with Crippen LogP contribution in [0.2, 0.25) is 0 Å². The molecule has 102 valence electrons. The molecule has 0 aliphatic rings. The van der Waals surface area contributed by atoms with Crippen LogP contribution in [0.5, 0.6) is 0 Å². The second kappa shape index (κ2) is 5.09. The van der Waals surface area contributed by atoms with Gasteiger partial charge < -0.3 is 9.88 Å². The van der Waals surface area contributed by atoms with E-state index in [1.165, 1.54) is 11.3 Å². The van der Waals surface area contributed by atoms with Crippen molar-refractivity contribution in [1.82, 2.24) is 9.55 Å². The summed E-state index contributed by atoms with van der Waals surface area (Å²) >= 11 is 1.51. The summed E-state index contributed by atoms with van der Waals surface area (Å²) in [6.07, 6.45) is 1.93. The van der Waals surface area contributed by atoms with Gasteiger partial charge in [-0.2, -0.15) is 0 Å². The second-order valence-corrected chi connectivity index (χ2v) is 5.91. The van der Waals surface area contributed by atoms with Crippen LogP contribution in [0, 0.1) is 13.8 Å². The van der Waals surface area contributed by atoms with E-state index in [2.05, 4.69) is 10.3 Å². The Morgan fingerprint density at radius 2 is 2.10 bits per heavy atom. The summed E-state index contributed by atoms with van der Waals surface area (Å²) in [7, 11) is 0. The van der Waals surface area contributed by atoms with Gasteiger partial charge in [-0.3, -0.25) is 4.79 Å². The molecule has 3 rings (SSSR count). The first-order valence-electron chi connectivity index (χ1n) is 6.41. The number of hydrogen-bond donors (Lipinski definition) is 1. The summed E-state index contributed by atoms with van der Waals surface area (Å²) in [5, 5.41) is 4.66. The summed E-state index contributed by atoms with van der Waals surface area (Å²) < 4.78 is 1.94. The normalized spacial score (nSPS) is 10.9. The number of nitrogens with one attached hydrogen (secondary N) is 1. The third-order valence-corrected chi connectivity index (χ3v) is 4.26. The van der Waals surface area contributed by atoms with Gasteiger partial charge in [0, 0.05) is 16.6 Å². The number of benzene rings is 1. The van der Waals surface area contributed by atoms with E-state index in [4.69, 9.17) is 0 Å². The highest BCUT2D eigenvalue weighted by Crippen LogP contribution is 2.21. The molecule has 0 unspecified atom stereocenters. The molecule has 3 aromatic rings. The number of rotatable bonds is 3. The Bertz CT molecular complexity index is 753. The number of thiazole rings is 1. The first-order chi connectivity index (χ1) is 9.63. The van der Waals surface area contributed by atoms with Gasteiger partial charge in [0.15, 0.2) is 5.13 Å². The molecule has 0 aliphatic carbocycles. The number of amides is 1. The molecule has 0 spiro atoms. The molecule has 5 heteroatoms. The Morgan fingerprint density at radius 3 is 2.85 bits per heavy atom. The summed E-state index contributed by atoms with van der Waals surface area (Å²) in [4.78, 5) is 17.5. The van der Waals surface area contributed by atoms with Crippen molar-refractivity contribution in [2.75, 3.05) is 5.32 Å². The Kier molecular flexibility index (Phi) is 3.28. The van der Waals surface area contributed by atoms with E-state index in [1.54, 1.807) is 0 Å². The van der Waals surface area contributed by atoms with Gasteiger partial charge in [-0.15, -0.1) is 11.3 Å². The maximum Gasteiger partial charge on any atom is 0.246 e. The van der Waals surface area contributed by atoms with Gasteiger partial charge in [-0.05, 0) is 31.4 Å². The predicted molar refractivity (Wildman–Crippen MR) is 82.2 cm³/mol. The van der Waals surface area contributed by atoms with Crippen LogP contribution in [-0.2, 0) is 11.3 Å². The van der Waals surface area contributed by atoms with E-state index in [9.17, 15) is 4.79 Å². The molecule has 20 heavy (non-hydrogen) atoms. The van der Waals surface area contributed by atoms with Crippen molar-refractivity contribution < 1.29 is 4.79 Å². The summed E-state index contributed by atoms with van der Waals surface area (Å²) in [5.41, 5.74) is 2.03. The predicted octanol–water partition coefficient (Wildman–Crippen LogP) is 3.35. The lowest BCUT2D eigenvalue weighted by atomic mass is 10.2. The fourth-order valence-corrected chi connectivity index (χ4v) is 2.95. The molecule has 0 bridgehead atoms. The third-order valence-electron chi connectivity index (χ3n) is 3.27. The number of fused-ring (bicyclic) bond motifs is 1. The maximum atomic E-state index is 12.1. The minimum atomic E-state index is -0.0555. The average Bonchev–Trinajstić information content (AvgIpc) is 2.95. The number of carbonyl (C=O) groups is 1. The molecule has 0 saturated carbocycles. The monoisotopic (exact) mass is 285 g/mol. The highest BCUT2D eigenvalue weighted by Gasteiger charge is 2.09. The highest BCUT2D eigenvalue weighted by molar-refractivity contribution is 7.15. The smallest absolute Gasteiger partial charge is 0.246 e. The van der Waals surface area contributed by atoms with Gasteiger partial charge in [0.25, 0.3) is 0 Å². The Hall–Kier alpha value is -2.14. The largest absolute Gasteiger partial charge is 0.338 e. The van der Waals surface area contributed by atoms with Crippen LogP contribution in [0.4, 0.5) is 5.13 Å². The Morgan fingerprint density at radius 1 is 1.30 bits per heavy atom. The van der Waals surface area contributed by atoms with Gasteiger partial charge in [-0.25, -0.2) is 4.98 Å². The zero-order valence-electron chi connectivity index (χ0n) is 11.4. The van der Waals surface area contributed by atoms with Gasteiger partial charge in [0.2, 0.25) is 5.91 Å². The number of para-hydroxylation sites is 1. The molecule has 4 nitrogen and oxygen atoms in total. The van der Waals surface area contributed by atoms with Crippen LogP contribution in [0.15, 0.2) is 36.5 Å². The summed E-state index contributed by atoms with van der Waals surface area (Å²) in [6, 6.07) is 10.0. The minimum Gasteiger partial charge on any atom is -0.338 e. The van der Waals surface area contributed by atoms with Crippen molar-refractivity contribution in [3.8, 4) is 0 Å². The molecule has 1 amide bonds. The Labute approximate surface area is 121 Å². The van der Waals surface area contributed by atoms with Crippen molar-refractivity contribution in [2.45, 2.75) is 20.4 Å². The van der Waals surface area contributed by atoms with E-state index in [0.717, 1.165) is 21.5 Å². The van der Waals surface area contributed by atoms with Crippen molar-refractivity contribution in [2.24, 2.45) is 0 Å². The van der Waals surface area contributed by atoms with Crippen LogP contribution in [0.1, 0.15) is 10.6 Å². The third kappa shape index (κ3) is 2.44. The minimum absolute atomic E-state index is 0.0555. The number of nitrogens with zero attached hydrogens (tertiary/aromatic N) is 2. The van der Waals surface area contributed by atoms with E-state index in [0.29, 0.717) is 11.7 Å². The van der Waals surface area contributed by atoms with Crippen LogP contribution in [-0.4, -0.2) is 15.5 Å². The standard InChI is InChI=1S/C15H15N3OS/c1-10-11(2)20-15(16-10)17-14(19)9-18-8-7-12-5-3-4-6-13(12)18/h3-8H,9H2,1-2H3,(H,16,17,19). The van der Waals surface area contributed by atoms with Crippen LogP contribution >= 0.6 is 11.3 Å². The molecule has 1 N–H and O–H groups in total. The van der Waals surface area contributed by atoms with Crippen molar-refractivity contribution in [3.05, 3.63) is 47.1 Å². The lowest BCUT2D eigenvalue weighted by Gasteiger charge is -2.05. The van der Waals surface area contributed by atoms with Crippen LogP contribution < -0.4 is 5.32 Å². The topological polar surface area (TPSA) is 46.9 Å². The Balaban J connectivity index is 1.76. The van der Waals surface area contributed by atoms with E-state index >= 15 is 0 Å². The number of aromatic nitrogens is 2. The first-order valence-corrected chi connectivity index (χ1v) is 7.23. The van der Waals surface area contributed by atoms with Crippen molar-refractivity contribution in [3.63, 3.8) is 0 Å². The SMILES string of the molecule is Cc1nc(NC(=O)Cn2ccc3ccccc32)sc1C. The molecule has 0 radical (unpaired) electrons. The number of aryl methyl sites for hydroxylation is 2. The van der Waals surface area contributed by atoms with Crippen LogP contribution in [0.25, 0.3) is 10.9 Å². The first kappa shape index (κ1) is 12.9. The van der Waals surface area contributed by atoms with E-state index in [-0.39, 0.29) is 5.91 Å². The van der Waals surface area contributed by atoms with Crippen molar-refractivity contribution in [1.29, 1.82) is 0 Å². The van der Waals surface area contributed by atoms with Crippen LogP contribution in [0.3, 0.4) is 0 Å². The average molecular weight is 285 g/mol. The van der Waals surface area contributed by atoms with E-state index in [1.807, 2.05) is 54.9 Å². The summed E-state index contributed by atoms with van der Waals surface area (Å²) in [6.45, 7) is 4.24. The number of anilines is 1. The van der Waals surface area contributed by atoms with Gasteiger partial charge >= 0.3 is 0 Å². The summed E-state index contributed by atoms with van der Waals surface area (Å²) in [5.74, 6) is -0.0555. The van der Waals surface area contributed by atoms with Gasteiger partial charge in [0.1, 0.15) is 6.54 Å².